The maximum atomic E-state index is 10.6. The number of carbonyl (C=O) groups is 2. The van der Waals surface area contributed by atoms with Crippen molar-refractivity contribution < 1.29 is 19.8 Å². The van der Waals surface area contributed by atoms with E-state index in [0.29, 0.717) is 10.6 Å². The Morgan fingerprint density at radius 1 is 1.13 bits per heavy atom. The number of carboxylic acid groups (broad SMARTS) is 2. The van der Waals surface area contributed by atoms with E-state index in [4.69, 9.17) is 10.2 Å². The van der Waals surface area contributed by atoms with Crippen molar-refractivity contribution in [2.45, 2.75) is 0 Å². The maximum absolute atomic E-state index is 10.6. The van der Waals surface area contributed by atoms with Gasteiger partial charge in [0.1, 0.15) is 0 Å². The number of fused-ring (bicyclic) bond motifs is 1. The fourth-order valence-corrected chi connectivity index (χ4v) is 1.31. The van der Waals surface area contributed by atoms with Gasteiger partial charge in [-0.3, -0.25) is 4.99 Å². The third-order valence-electron chi connectivity index (χ3n) is 2.03. The standard InChI is InChI=1S/C10H6NO4/c12-9(13)6-2-1-5-3-8(10(14)15)11-7(5)4-6/h1-4H,(H,12,13)(H,14,15). The molecule has 0 bridgehead atoms. The van der Waals surface area contributed by atoms with E-state index in [1.54, 1.807) is 0 Å². The number of hydrogen-bond acceptors (Lipinski definition) is 3. The molecule has 0 spiro atoms. The van der Waals surface area contributed by atoms with E-state index in [2.05, 4.69) is 4.99 Å². The largest absolute Gasteiger partial charge is 0.479 e. The van der Waals surface area contributed by atoms with Crippen molar-refractivity contribution in [3.8, 4) is 0 Å². The Morgan fingerprint density at radius 3 is 2.47 bits per heavy atom. The molecule has 0 unspecified atom stereocenters. The van der Waals surface area contributed by atoms with Crippen molar-refractivity contribution in [1.82, 2.24) is 0 Å². The first-order valence-electron chi connectivity index (χ1n) is 4.12. The van der Waals surface area contributed by atoms with Crippen LogP contribution in [0.25, 0.3) is 6.08 Å². The summed E-state index contributed by atoms with van der Waals surface area (Å²) < 4.78 is 0. The average Bonchev–Trinajstić information content (AvgIpc) is 2.59. The summed E-state index contributed by atoms with van der Waals surface area (Å²) in [6.07, 6.45) is 1.41. The predicted octanol–water partition coefficient (Wildman–Crippen LogP) is -0.585. The number of benzene rings is 1. The van der Waals surface area contributed by atoms with E-state index in [1.165, 1.54) is 24.3 Å². The quantitative estimate of drug-likeness (QED) is 0.674. The second-order valence-electron chi connectivity index (χ2n) is 3.03. The van der Waals surface area contributed by atoms with Crippen LogP contribution in [0.5, 0.6) is 0 Å². The highest BCUT2D eigenvalue weighted by atomic mass is 16.4. The Morgan fingerprint density at radius 2 is 1.87 bits per heavy atom. The van der Waals surface area contributed by atoms with Gasteiger partial charge in [0, 0.05) is 0 Å². The van der Waals surface area contributed by atoms with Crippen LogP contribution in [0, 0.1) is 6.04 Å². The topological polar surface area (TPSA) is 87.0 Å². The summed E-state index contributed by atoms with van der Waals surface area (Å²) in [4.78, 5) is 25.0. The lowest BCUT2D eigenvalue weighted by Gasteiger charge is -1.91. The zero-order valence-corrected chi connectivity index (χ0v) is 7.47. The van der Waals surface area contributed by atoms with Crippen molar-refractivity contribution in [2.24, 2.45) is 4.99 Å². The first-order valence-corrected chi connectivity index (χ1v) is 4.12. The molecule has 1 aromatic carbocycles. The van der Waals surface area contributed by atoms with Crippen LogP contribution in [0.15, 0.2) is 23.2 Å². The summed E-state index contributed by atoms with van der Waals surface area (Å²) in [5, 5.41) is 18.4. The molecule has 1 radical (unpaired) electrons. The normalized spacial score (nSPS) is 13.9. The van der Waals surface area contributed by atoms with Crippen LogP contribution in [0.4, 0.5) is 0 Å². The molecule has 15 heavy (non-hydrogen) atoms. The molecule has 1 aromatic rings. The van der Waals surface area contributed by atoms with Gasteiger partial charge in [-0.2, -0.15) is 0 Å². The summed E-state index contributed by atoms with van der Waals surface area (Å²) in [5.41, 5.74) is 0.0949. The Balaban J connectivity index is 2.56. The van der Waals surface area contributed by atoms with Crippen molar-refractivity contribution in [3.05, 3.63) is 40.4 Å². The van der Waals surface area contributed by atoms with Crippen molar-refractivity contribution >= 4 is 18.0 Å². The number of aromatic carboxylic acids is 1. The highest BCUT2D eigenvalue weighted by molar-refractivity contribution is 5.92. The molecule has 1 aliphatic heterocycles. The van der Waals surface area contributed by atoms with E-state index < -0.39 is 11.9 Å². The molecule has 5 nitrogen and oxygen atoms in total. The second-order valence-corrected chi connectivity index (χ2v) is 3.03. The van der Waals surface area contributed by atoms with Gasteiger partial charge in [-0.15, -0.1) is 0 Å². The van der Waals surface area contributed by atoms with E-state index in [9.17, 15) is 9.59 Å². The lowest BCUT2D eigenvalue weighted by atomic mass is 10.2. The third-order valence-corrected chi connectivity index (χ3v) is 2.03. The van der Waals surface area contributed by atoms with Crippen LogP contribution in [-0.2, 0) is 4.79 Å². The third kappa shape index (κ3) is 1.59. The first-order chi connectivity index (χ1) is 7.08. The first kappa shape index (κ1) is 9.39. The molecule has 2 rings (SSSR count). The molecular formula is C10H6NO4. The van der Waals surface area contributed by atoms with Crippen LogP contribution in [0.1, 0.15) is 10.4 Å². The summed E-state index contributed by atoms with van der Waals surface area (Å²) in [6.45, 7) is 0. The van der Waals surface area contributed by atoms with E-state index in [-0.39, 0.29) is 11.6 Å². The minimum Gasteiger partial charge on any atom is -0.479 e. The van der Waals surface area contributed by atoms with Crippen LogP contribution in [0.2, 0.25) is 0 Å². The van der Waals surface area contributed by atoms with Gasteiger partial charge in [0.2, 0.25) is 6.04 Å². The zero-order chi connectivity index (χ0) is 11.0. The van der Waals surface area contributed by atoms with Gasteiger partial charge >= 0.3 is 11.9 Å². The van der Waals surface area contributed by atoms with Crippen molar-refractivity contribution in [1.29, 1.82) is 0 Å². The van der Waals surface area contributed by atoms with E-state index >= 15 is 0 Å². The van der Waals surface area contributed by atoms with Crippen LogP contribution >= 0.6 is 0 Å². The van der Waals surface area contributed by atoms with Gasteiger partial charge in [-0.25, -0.2) is 9.59 Å². The SMILES string of the molecule is O=C(O)[C]1C=c2ccc(C(=O)O)cc2=N1. The molecule has 1 aliphatic rings. The number of hydrogen-bond donors (Lipinski definition) is 2. The molecule has 0 fully saturated rings. The lowest BCUT2D eigenvalue weighted by Crippen LogP contribution is -2.22. The minimum atomic E-state index is -1.12. The Hall–Kier alpha value is -2.17. The van der Waals surface area contributed by atoms with Gasteiger partial charge in [0.25, 0.3) is 0 Å². The Kier molecular flexibility index (Phi) is 2.00. The minimum absolute atomic E-state index is 0.0764. The molecule has 5 heteroatoms. The van der Waals surface area contributed by atoms with Gasteiger partial charge in [-0.05, 0) is 23.4 Å². The maximum Gasteiger partial charge on any atom is 0.339 e. The molecular weight excluding hydrogens is 198 g/mol. The Labute approximate surface area is 84.0 Å². The smallest absolute Gasteiger partial charge is 0.339 e. The molecule has 2 N–H and O–H groups in total. The number of carboxylic acids is 2. The lowest BCUT2D eigenvalue weighted by molar-refractivity contribution is -0.134. The molecule has 1 heterocycles. The van der Waals surface area contributed by atoms with Gasteiger partial charge in [0.15, 0.2) is 0 Å². The zero-order valence-electron chi connectivity index (χ0n) is 7.47. The monoisotopic (exact) mass is 204 g/mol. The summed E-state index contributed by atoms with van der Waals surface area (Å²) in [6, 6.07) is 4.23. The van der Waals surface area contributed by atoms with Gasteiger partial charge in [0.05, 0.1) is 10.9 Å². The van der Waals surface area contributed by atoms with Crippen molar-refractivity contribution in [2.75, 3.05) is 0 Å². The van der Waals surface area contributed by atoms with Crippen molar-refractivity contribution in [3.63, 3.8) is 0 Å². The predicted molar refractivity (Wildman–Crippen MR) is 49.5 cm³/mol. The number of aliphatic carboxylic acids is 1. The number of nitrogens with zero attached hydrogens (tertiary/aromatic N) is 1. The van der Waals surface area contributed by atoms with E-state index in [1.807, 2.05) is 0 Å². The molecule has 0 saturated carbocycles. The average molecular weight is 204 g/mol. The highest BCUT2D eigenvalue weighted by Crippen LogP contribution is 2.06. The Bertz CT molecular complexity index is 561. The van der Waals surface area contributed by atoms with E-state index in [0.717, 1.165) is 0 Å². The fourth-order valence-electron chi connectivity index (χ4n) is 1.31. The molecule has 0 aromatic heterocycles. The number of rotatable bonds is 2. The molecule has 75 valence electrons. The van der Waals surface area contributed by atoms with Crippen LogP contribution in [-0.4, -0.2) is 22.2 Å². The molecule has 0 saturated heterocycles. The van der Waals surface area contributed by atoms with Crippen LogP contribution in [0.3, 0.4) is 0 Å². The second kappa shape index (κ2) is 3.20. The van der Waals surface area contributed by atoms with Gasteiger partial charge < -0.3 is 10.2 Å². The molecule has 0 atom stereocenters. The fraction of sp³-hybridized carbons (Fsp3) is 0. The molecule has 0 aliphatic carbocycles. The van der Waals surface area contributed by atoms with Crippen LogP contribution < -0.4 is 10.6 Å². The molecule has 0 amide bonds. The summed E-state index contributed by atoms with van der Waals surface area (Å²) in [5.74, 6) is -2.18. The summed E-state index contributed by atoms with van der Waals surface area (Å²) >= 11 is 0. The summed E-state index contributed by atoms with van der Waals surface area (Å²) in [7, 11) is 0. The van der Waals surface area contributed by atoms with Gasteiger partial charge in [-0.1, -0.05) is 6.07 Å². The highest BCUT2D eigenvalue weighted by Gasteiger charge is 2.18.